The average Bonchev–Trinajstić information content (AvgIpc) is 2.84. The summed E-state index contributed by atoms with van der Waals surface area (Å²) in [5.74, 6) is 0.474. The van der Waals surface area contributed by atoms with Gasteiger partial charge in [0.25, 0.3) is 5.69 Å². The number of esters is 1. The number of fused-ring (bicyclic) bond motifs is 1. The molecule has 0 N–H and O–H groups in total. The summed E-state index contributed by atoms with van der Waals surface area (Å²) in [5.41, 5.74) is 0.137. The van der Waals surface area contributed by atoms with Crippen molar-refractivity contribution in [3.63, 3.8) is 0 Å². The van der Waals surface area contributed by atoms with Crippen LogP contribution in [0.25, 0.3) is 22.1 Å². The molecule has 0 aliphatic heterocycles. The monoisotopic (exact) mass is 461 g/mol. The molecule has 0 aliphatic carbocycles. The van der Waals surface area contributed by atoms with Gasteiger partial charge in [-0.2, -0.15) is 0 Å². The van der Waals surface area contributed by atoms with Crippen LogP contribution in [-0.4, -0.2) is 25.1 Å². The SMILES string of the molecule is COc1cc2oc(=O)c(-c3ccc([N+](=O)[O-])cc3)c(CC(=O)Oc3ccccc3)c2cc1OC. The van der Waals surface area contributed by atoms with E-state index in [4.69, 9.17) is 18.6 Å². The van der Waals surface area contributed by atoms with Gasteiger partial charge in [-0.3, -0.25) is 14.9 Å². The maximum absolute atomic E-state index is 13.0. The van der Waals surface area contributed by atoms with E-state index in [1.807, 2.05) is 0 Å². The molecule has 3 aromatic carbocycles. The fraction of sp³-hybridized carbons (Fsp3) is 0.120. The van der Waals surface area contributed by atoms with Gasteiger partial charge in [0.2, 0.25) is 0 Å². The fourth-order valence-corrected chi connectivity index (χ4v) is 3.62. The van der Waals surface area contributed by atoms with Crippen molar-refractivity contribution in [3.8, 4) is 28.4 Å². The van der Waals surface area contributed by atoms with Crippen LogP contribution >= 0.6 is 0 Å². The lowest BCUT2D eigenvalue weighted by Gasteiger charge is -2.14. The summed E-state index contributed by atoms with van der Waals surface area (Å²) in [6, 6.07) is 17.1. The Labute approximate surface area is 193 Å². The molecule has 0 aliphatic rings. The van der Waals surface area contributed by atoms with E-state index in [-0.39, 0.29) is 23.3 Å². The standard InChI is InChI=1S/C25H19NO8/c1-31-21-12-18-19(13-23(27)33-17-6-4-3-5-7-17)24(15-8-10-16(11-9-15)26(29)30)25(28)34-20(18)14-22(21)32-2/h3-12,14H,13H2,1-2H3. The highest BCUT2D eigenvalue weighted by Gasteiger charge is 2.22. The number of benzene rings is 3. The number of hydrogen-bond acceptors (Lipinski definition) is 8. The normalized spacial score (nSPS) is 10.6. The van der Waals surface area contributed by atoms with E-state index in [0.717, 1.165) is 0 Å². The van der Waals surface area contributed by atoms with Crippen LogP contribution in [0.1, 0.15) is 5.56 Å². The molecule has 0 fully saturated rings. The number of rotatable bonds is 7. The van der Waals surface area contributed by atoms with Crippen molar-refractivity contribution in [1.29, 1.82) is 0 Å². The van der Waals surface area contributed by atoms with Crippen molar-refractivity contribution in [1.82, 2.24) is 0 Å². The summed E-state index contributed by atoms with van der Waals surface area (Å²) in [4.78, 5) is 36.4. The molecule has 1 aromatic heterocycles. The number of ether oxygens (including phenoxy) is 3. The highest BCUT2D eigenvalue weighted by atomic mass is 16.6. The third kappa shape index (κ3) is 4.44. The maximum atomic E-state index is 13.0. The number of nitro groups is 1. The first kappa shape index (κ1) is 22.5. The van der Waals surface area contributed by atoms with Gasteiger partial charge in [-0.15, -0.1) is 0 Å². The second-order valence-electron chi connectivity index (χ2n) is 7.21. The summed E-state index contributed by atoms with van der Waals surface area (Å²) >= 11 is 0. The van der Waals surface area contributed by atoms with Gasteiger partial charge in [0.15, 0.2) is 11.5 Å². The molecule has 9 nitrogen and oxygen atoms in total. The van der Waals surface area contributed by atoms with Crippen molar-refractivity contribution < 1.29 is 28.3 Å². The molecular formula is C25H19NO8. The number of carbonyl (C=O) groups is 1. The molecule has 0 radical (unpaired) electrons. The van der Waals surface area contributed by atoms with Gasteiger partial charge in [-0.05, 0) is 41.5 Å². The van der Waals surface area contributed by atoms with Crippen molar-refractivity contribution in [2.24, 2.45) is 0 Å². The van der Waals surface area contributed by atoms with E-state index in [1.165, 1.54) is 44.6 Å². The van der Waals surface area contributed by atoms with Crippen molar-refractivity contribution in [2.75, 3.05) is 14.2 Å². The number of nitrogens with zero attached hydrogens (tertiary/aromatic N) is 1. The first-order valence-corrected chi connectivity index (χ1v) is 10.1. The summed E-state index contributed by atoms with van der Waals surface area (Å²) < 4.78 is 21.6. The predicted octanol–water partition coefficient (Wildman–Crippen LogP) is 4.53. The Balaban J connectivity index is 1.90. The van der Waals surface area contributed by atoms with E-state index in [9.17, 15) is 19.7 Å². The third-order valence-corrected chi connectivity index (χ3v) is 5.18. The number of methoxy groups -OCH3 is 2. The zero-order valence-electron chi connectivity index (χ0n) is 18.3. The van der Waals surface area contributed by atoms with Gasteiger partial charge < -0.3 is 18.6 Å². The van der Waals surface area contributed by atoms with Gasteiger partial charge in [-0.1, -0.05) is 18.2 Å². The smallest absolute Gasteiger partial charge is 0.344 e. The van der Waals surface area contributed by atoms with Crippen LogP contribution in [0, 0.1) is 10.1 Å². The van der Waals surface area contributed by atoms with Crippen LogP contribution < -0.4 is 19.8 Å². The number of nitro benzene ring substituents is 1. The Hall–Kier alpha value is -4.66. The Morgan fingerprint density at radius 2 is 1.62 bits per heavy atom. The Morgan fingerprint density at radius 3 is 2.24 bits per heavy atom. The van der Waals surface area contributed by atoms with E-state index in [0.29, 0.717) is 33.8 Å². The van der Waals surface area contributed by atoms with Crippen LogP contribution in [0.2, 0.25) is 0 Å². The van der Waals surface area contributed by atoms with Crippen LogP contribution in [0.5, 0.6) is 17.2 Å². The Bertz CT molecular complexity index is 1430. The first-order chi connectivity index (χ1) is 16.4. The van der Waals surface area contributed by atoms with Crippen LogP contribution in [0.4, 0.5) is 5.69 Å². The minimum Gasteiger partial charge on any atom is -0.493 e. The lowest BCUT2D eigenvalue weighted by Crippen LogP contribution is -2.16. The second-order valence-corrected chi connectivity index (χ2v) is 7.21. The first-order valence-electron chi connectivity index (χ1n) is 10.1. The predicted molar refractivity (Wildman–Crippen MR) is 123 cm³/mol. The lowest BCUT2D eigenvalue weighted by molar-refractivity contribution is -0.384. The molecule has 0 saturated carbocycles. The van der Waals surface area contributed by atoms with Crippen molar-refractivity contribution in [3.05, 3.63) is 92.8 Å². The second kappa shape index (κ2) is 9.45. The molecule has 172 valence electrons. The number of hydrogen-bond donors (Lipinski definition) is 0. The molecule has 0 unspecified atom stereocenters. The quantitative estimate of drug-likeness (QED) is 0.129. The van der Waals surface area contributed by atoms with Gasteiger partial charge in [0, 0.05) is 23.6 Å². The molecule has 0 bridgehead atoms. The minimum atomic E-state index is -0.712. The topological polar surface area (TPSA) is 118 Å². The van der Waals surface area contributed by atoms with Crippen LogP contribution in [0.15, 0.2) is 75.9 Å². The van der Waals surface area contributed by atoms with E-state index >= 15 is 0 Å². The molecule has 34 heavy (non-hydrogen) atoms. The number of para-hydroxylation sites is 1. The van der Waals surface area contributed by atoms with Crippen LogP contribution in [0.3, 0.4) is 0 Å². The third-order valence-electron chi connectivity index (χ3n) is 5.18. The lowest BCUT2D eigenvalue weighted by atomic mass is 9.95. The zero-order chi connectivity index (χ0) is 24.2. The van der Waals surface area contributed by atoms with Gasteiger partial charge >= 0.3 is 11.6 Å². The molecular weight excluding hydrogens is 442 g/mol. The fourth-order valence-electron chi connectivity index (χ4n) is 3.62. The molecule has 9 heteroatoms. The van der Waals surface area contributed by atoms with Gasteiger partial charge in [-0.25, -0.2) is 4.79 Å². The molecule has 4 aromatic rings. The molecule has 0 spiro atoms. The van der Waals surface area contributed by atoms with Gasteiger partial charge in [0.05, 0.1) is 31.1 Å². The number of carbonyl (C=O) groups excluding carboxylic acids is 1. The summed E-state index contributed by atoms with van der Waals surface area (Å²) in [5, 5.41) is 11.5. The summed E-state index contributed by atoms with van der Waals surface area (Å²) in [6.45, 7) is 0. The zero-order valence-corrected chi connectivity index (χ0v) is 18.3. The van der Waals surface area contributed by atoms with E-state index in [1.54, 1.807) is 36.4 Å². The summed E-state index contributed by atoms with van der Waals surface area (Å²) in [7, 11) is 2.91. The molecule has 0 saturated heterocycles. The highest BCUT2D eigenvalue weighted by Crippen LogP contribution is 2.36. The minimum absolute atomic E-state index is 0.0969. The maximum Gasteiger partial charge on any atom is 0.344 e. The van der Waals surface area contributed by atoms with E-state index < -0.39 is 16.5 Å². The van der Waals surface area contributed by atoms with Crippen LogP contribution in [-0.2, 0) is 11.2 Å². The van der Waals surface area contributed by atoms with Gasteiger partial charge in [0.1, 0.15) is 11.3 Å². The highest BCUT2D eigenvalue weighted by molar-refractivity contribution is 5.93. The molecule has 4 rings (SSSR count). The largest absolute Gasteiger partial charge is 0.493 e. The summed E-state index contributed by atoms with van der Waals surface area (Å²) in [6.07, 6.45) is -0.265. The average molecular weight is 461 g/mol. The molecule has 1 heterocycles. The van der Waals surface area contributed by atoms with Crippen molar-refractivity contribution >= 4 is 22.6 Å². The van der Waals surface area contributed by atoms with E-state index in [2.05, 4.69) is 0 Å². The Kier molecular flexibility index (Phi) is 6.26. The molecule has 0 amide bonds. The Morgan fingerprint density at radius 1 is 0.971 bits per heavy atom. The van der Waals surface area contributed by atoms with Crippen molar-refractivity contribution in [2.45, 2.75) is 6.42 Å². The number of non-ortho nitro benzene ring substituents is 1. The molecule has 0 atom stereocenters.